The first-order valence-electron chi connectivity index (χ1n) is 10.0. The third-order valence-corrected chi connectivity index (χ3v) is 6.83. The van der Waals surface area contributed by atoms with Crippen LogP contribution in [-0.4, -0.2) is 21.2 Å². The lowest BCUT2D eigenvalue weighted by Crippen LogP contribution is -2.21. The van der Waals surface area contributed by atoms with Crippen molar-refractivity contribution in [3.8, 4) is 0 Å². The molecule has 168 valence electrons. The highest BCUT2D eigenvalue weighted by Crippen LogP contribution is 2.42. The summed E-state index contributed by atoms with van der Waals surface area (Å²) in [5, 5.41) is 6.46. The van der Waals surface area contributed by atoms with Gasteiger partial charge in [-0.2, -0.15) is 4.37 Å². The fourth-order valence-corrected chi connectivity index (χ4v) is 5.22. The number of anilines is 1. The number of carbonyl (C=O) groups excluding carboxylic acids is 2. The number of hydrogen-bond donors (Lipinski definition) is 3. The van der Waals surface area contributed by atoms with Crippen LogP contribution in [0.25, 0.3) is 21.2 Å². The highest BCUT2D eigenvalue weighted by atomic mass is 35.5. The number of aromatic nitrogens is 2. The molecule has 8 nitrogen and oxygen atoms in total. The number of rotatable bonds is 3. The average Bonchev–Trinajstić information content (AvgIpc) is 3.50. The summed E-state index contributed by atoms with van der Waals surface area (Å²) >= 11 is 7.51. The smallest absolute Gasteiger partial charge is 0.408 e. The van der Waals surface area contributed by atoms with Crippen LogP contribution in [-0.2, 0) is 0 Å². The van der Waals surface area contributed by atoms with Crippen LogP contribution in [0.15, 0.2) is 57.7 Å². The normalized spacial score (nSPS) is 15.0. The molecule has 0 saturated carbocycles. The number of H-pyrrole nitrogens is 1. The van der Waals surface area contributed by atoms with Gasteiger partial charge in [0, 0.05) is 27.6 Å². The van der Waals surface area contributed by atoms with E-state index in [1.807, 2.05) is 12.1 Å². The monoisotopic (exact) mass is 494 g/mol. The molecule has 3 aromatic carbocycles. The van der Waals surface area contributed by atoms with Crippen LogP contribution in [0.5, 0.6) is 0 Å². The molecule has 3 heterocycles. The van der Waals surface area contributed by atoms with Gasteiger partial charge in [-0.05, 0) is 35.8 Å². The molecule has 0 aliphatic carbocycles. The maximum atomic E-state index is 14.1. The van der Waals surface area contributed by atoms with Gasteiger partial charge in [0.05, 0.1) is 22.0 Å². The van der Waals surface area contributed by atoms with E-state index in [1.54, 1.807) is 12.1 Å². The number of nitrogens with one attached hydrogen (secondary N) is 3. The van der Waals surface area contributed by atoms with Gasteiger partial charge in [-0.3, -0.25) is 14.6 Å². The molecule has 0 saturated heterocycles. The molecular weight excluding hydrogens is 483 g/mol. The van der Waals surface area contributed by atoms with Crippen molar-refractivity contribution >= 4 is 61.8 Å². The number of oxazole rings is 1. The molecule has 1 aliphatic heterocycles. The summed E-state index contributed by atoms with van der Waals surface area (Å²) in [5.74, 6) is -2.34. The van der Waals surface area contributed by atoms with Gasteiger partial charge in [0.15, 0.2) is 5.58 Å². The SMILES string of the molecule is O=C(Nc1cc2oc(=O)[nH]c2c2c1C(c1cc(F)ccc1Cl)NC2=O)c1nsc2ccccc12. The largest absolute Gasteiger partial charge is 0.417 e. The van der Waals surface area contributed by atoms with E-state index < -0.39 is 29.4 Å². The Labute approximate surface area is 198 Å². The predicted octanol–water partition coefficient (Wildman–Crippen LogP) is 4.61. The summed E-state index contributed by atoms with van der Waals surface area (Å²) in [6, 6.07) is 11.7. The first kappa shape index (κ1) is 20.6. The zero-order valence-corrected chi connectivity index (χ0v) is 18.5. The van der Waals surface area contributed by atoms with Crippen LogP contribution < -0.4 is 16.4 Å². The van der Waals surface area contributed by atoms with Crippen LogP contribution >= 0.6 is 23.1 Å². The van der Waals surface area contributed by atoms with Gasteiger partial charge in [-0.1, -0.05) is 29.8 Å². The number of fused-ring (bicyclic) bond motifs is 4. The molecule has 2 amide bonds. The number of halogens is 2. The average molecular weight is 495 g/mol. The third kappa shape index (κ3) is 3.11. The van der Waals surface area contributed by atoms with Gasteiger partial charge < -0.3 is 15.1 Å². The van der Waals surface area contributed by atoms with Crippen molar-refractivity contribution in [3.05, 3.63) is 92.3 Å². The van der Waals surface area contributed by atoms with Crippen molar-refractivity contribution < 1.29 is 18.4 Å². The van der Waals surface area contributed by atoms with E-state index in [2.05, 4.69) is 20.0 Å². The molecule has 1 aliphatic rings. The first-order valence-corrected chi connectivity index (χ1v) is 11.2. The molecule has 11 heteroatoms. The van der Waals surface area contributed by atoms with Crippen molar-refractivity contribution in [2.45, 2.75) is 6.04 Å². The van der Waals surface area contributed by atoms with E-state index >= 15 is 0 Å². The summed E-state index contributed by atoms with van der Waals surface area (Å²) in [5.41, 5.74) is 1.40. The van der Waals surface area contributed by atoms with Gasteiger partial charge in [-0.25, -0.2) is 9.18 Å². The fraction of sp³-hybridized carbons (Fsp3) is 0.0435. The van der Waals surface area contributed by atoms with Crippen LogP contribution in [0.4, 0.5) is 10.1 Å². The minimum absolute atomic E-state index is 0.0864. The van der Waals surface area contributed by atoms with Crippen molar-refractivity contribution in [1.29, 1.82) is 0 Å². The van der Waals surface area contributed by atoms with Crippen LogP contribution in [0.1, 0.15) is 38.0 Å². The molecular formula is C23H12ClFN4O4S. The summed E-state index contributed by atoms with van der Waals surface area (Å²) in [6.45, 7) is 0. The first-order chi connectivity index (χ1) is 16.4. The second-order valence-electron chi connectivity index (χ2n) is 7.65. The van der Waals surface area contributed by atoms with E-state index in [9.17, 15) is 18.8 Å². The Bertz CT molecular complexity index is 1720. The van der Waals surface area contributed by atoms with E-state index in [-0.39, 0.29) is 33.1 Å². The molecule has 34 heavy (non-hydrogen) atoms. The minimum Gasteiger partial charge on any atom is -0.408 e. The number of amides is 2. The molecule has 3 N–H and O–H groups in total. The quantitative estimate of drug-likeness (QED) is 0.338. The maximum absolute atomic E-state index is 14.1. The topological polar surface area (TPSA) is 117 Å². The second kappa shape index (κ2) is 7.51. The number of carbonyl (C=O) groups is 2. The number of hydrogen-bond acceptors (Lipinski definition) is 6. The van der Waals surface area contributed by atoms with Crippen LogP contribution in [0, 0.1) is 5.82 Å². The second-order valence-corrected chi connectivity index (χ2v) is 8.87. The van der Waals surface area contributed by atoms with Gasteiger partial charge in [0.2, 0.25) is 0 Å². The summed E-state index contributed by atoms with van der Waals surface area (Å²) in [6.07, 6.45) is 0. The van der Waals surface area contributed by atoms with Gasteiger partial charge in [0.1, 0.15) is 17.0 Å². The lowest BCUT2D eigenvalue weighted by molar-refractivity contribution is 0.0960. The molecule has 0 spiro atoms. The Morgan fingerprint density at radius 2 is 2.00 bits per heavy atom. The number of benzene rings is 3. The van der Waals surface area contributed by atoms with E-state index in [1.165, 1.54) is 35.8 Å². The van der Waals surface area contributed by atoms with E-state index in [0.717, 1.165) is 4.70 Å². The van der Waals surface area contributed by atoms with Crippen molar-refractivity contribution in [1.82, 2.24) is 14.7 Å². The van der Waals surface area contributed by atoms with Gasteiger partial charge in [0.25, 0.3) is 11.8 Å². The molecule has 1 atom stereocenters. The summed E-state index contributed by atoms with van der Waals surface area (Å²) in [7, 11) is 0. The van der Waals surface area contributed by atoms with E-state index in [4.69, 9.17) is 16.0 Å². The highest BCUT2D eigenvalue weighted by Gasteiger charge is 2.37. The third-order valence-electron chi connectivity index (χ3n) is 5.66. The standard InChI is InChI=1S/C23H12ClFN4O4S/c24-12-6-5-9(25)7-11(12)18-16-13(8-14-20(28-23(32)33-14)17(16)21(30)27-18)26-22(31)19-10-3-1-2-4-15(10)34-29-19/h1-8,18H,(H,26,31)(H,27,30)(H,28,32). The van der Waals surface area contributed by atoms with Gasteiger partial charge in [-0.15, -0.1) is 0 Å². The molecule has 1 unspecified atom stereocenters. The van der Waals surface area contributed by atoms with Crippen molar-refractivity contribution in [2.24, 2.45) is 0 Å². The Kier molecular flexibility index (Phi) is 4.54. The molecule has 0 fully saturated rings. The fourth-order valence-electron chi connectivity index (χ4n) is 4.22. The summed E-state index contributed by atoms with van der Waals surface area (Å²) in [4.78, 5) is 40.6. The zero-order chi connectivity index (χ0) is 23.6. The number of nitrogens with zero attached hydrogens (tertiary/aromatic N) is 1. The predicted molar refractivity (Wildman–Crippen MR) is 125 cm³/mol. The Balaban J connectivity index is 1.55. The molecule has 6 rings (SSSR count). The van der Waals surface area contributed by atoms with Gasteiger partial charge >= 0.3 is 5.76 Å². The zero-order valence-electron chi connectivity index (χ0n) is 16.9. The Hall–Kier alpha value is -4.02. The Morgan fingerprint density at radius 3 is 2.85 bits per heavy atom. The molecule has 0 bridgehead atoms. The molecule has 0 radical (unpaired) electrons. The number of aromatic amines is 1. The lowest BCUT2D eigenvalue weighted by Gasteiger charge is -2.18. The van der Waals surface area contributed by atoms with Crippen LogP contribution in [0.3, 0.4) is 0 Å². The van der Waals surface area contributed by atoms with Crippen LogP contribution in [0.2, 0.25) is 5.02 Å². The maximum Gasteiger partial charge on any atom is 0.417 e. The minimum atomic E-state index is -0.879. The van der Waals surface area contributed by atoms with E-state index in [0.29, 0.717) is 16.5 Å². The molecule has 5 aromatic rings. The highest BCUT2D eigenvalue weighted by molar-refractivity contribution is 7.13. The van der Waals surface area contributed by atoms with Crippen molar-refractivity contribution in [3.63, 3.8) is 0 Å². The Morgan fingerprint density at radius 1 is 1.18 bits per heavy atom. The molecule has 2 aromatic heterocycles. The van der Waals surface area contributed by atoms with Crippen molar-refractivity contribution in [2.75, 3.05) is 5.32 Å². The summed E-state index contributed by atoms with van der Waals surface area (Å²) < 4.78 is 24.3. The lowest BCUT2D eigenvalue weighted by atomic mass is 9.95.